The van der Waals surface area contributed by atoms with E-state index in [1.165, 1.54) is 0 Å². The van der Waals surface area contributed by atoms with E-state index in [4.69, 9.17) is 23.4 Å². The van der Waals surface area contributed by atoms with Crippen molar-refractivity contribution < 1.29 is 0 Å². The van der Waals surface area contributed by atoms with Crippen molar-refractivity contribution in [2.24, 2.45) is 0 Å². The minimum Gasteiger partial charge on any atom is -0.264 e. The lowest BCUT2D eigenvalue weighted by Gasteiger charge is -2.00. The van der Waals surface area contributed by atoms with Gasteiger partial charge in [-0.25, -0.2) is 9.07 Å². The fourth-order valence-electron chi connectivity index (χ4n) is 1.07. The fourth-order valence-corrected chi connectivity index (χ4v) is 1.51. The minimum absolute atomic E-state index is 0.117. The fraction of sp³-hybridized carbons (Fsp3) is 0. The summed E-state index contributed by atoms with van der Waals surface area (Å²) < 4.78 is 0.963. The molecule has 0 N–H and O–H groups in total. The highest BCUT2D eigenvalue weighted by Gasteiger charge is 2.05. The van der Waals surface area contributed by atoms with Crippen molar-refractivity contribution in [2.75, 3.05) is 0 Å². The molecule has 1 aromatic carbocycles. The Morgan fingerprint density at radius 2 is 2.00 bits per heavy atom. The number of para-hydroxylation sites is 2. The molecule has 0 aliphatic rings. The number of aromatic nitrogens is 2. The van der Waals surface area contributed by atoms with Crippen LogP contribution in [0.2, 0.25) is 5.15 Å². The van der Waals surface area contributed by atoms with Crippen LogP contribution < -0.4 is 5.56 Å². The van der Waals surface area contributed by atoms with Crippen LogP contribution in [0.25, 0.3) is 11.0 Å². The predicted molar refractivity (Wildman–Crippen MR) is 52.3 cm³/mol. The van der Waals surface area contributed by atoms with E-state index in [9.17, 15) is 4.79 Å². The van der Waals surface area contributed by atoms with Crippen LogP contribution in [-0.4, -0.2) is 9.07 Å². The Bertz CT molecular complexity index is 521. The average Bonchev–Trinajstić information content (AvgIpc) is 2.15. The van der Waals surface area contributed by atoms with Gasteiger partial charge in [-0.15, -0.1) is 0 Å². The topological polar surface area (TPSA) is 34.9 Å². The molecule has 0 atom stereocenters. The van der Waals surface area contributed by atoms with Gasteiger partial charge >= 0.3 is 5.56 Å². The molecule has 0 aliphatic carbocycles. The number of nitrogens with zero attached hydrogens (tertiary/aromatic N) is 2. The predicted octanol–water partition coefficient (Wildman–Crippen LogP) is 2.05. The molecule has 0 amide bonds. The first kappa shape index (κ1) is 8.53. The smallest absolute Gasteiger partial charge is 0.264 e. The number of hydrogen-bond donors (Lipinski definition) is 0. The van der Waals surface area contributed by atoms with Gasteiger partial charge in [0, 0.05) is 11.8 Å². The summed E-state index contributed by atoms with van der Waals surface area (Å²) in [7, 11) is 0. The van der Waals surface area contributed by atoms with Gasteiger partial charge in [0.15, 0.2) is 5.15 Å². The van der Waals surface area contributed by atoms with Crippen LogP contribution in [0, 0.1) is 0 Å². The maximum atomic E-state index is 11.2. The first-order valence-electron chi connectivity index (χ1n) is 3.53. The molecule has 0 fully saturated rings. The van der Waals surface area contributed by atoms with E-state index in [1.54, 1.807) is 24.3 Å². The zero-order chi connectivity index (χ0) is 9.42. The van der Waals surface area contributed by atoms with Gasteiger partial charge in [0.1, 0.15) is 0 Å². The van der Waals surface area contributed by atoms with E-state index >= 15 is 0 Å². The van der Waals surface area contributed by atoms with Crippen molar-refractivity contribution in [1.29, 1.82) is 0 Å². The lowest BCUT2D eigenvalue weighted by Crippen LogP contribution is -2.14. The second-order valence-corrected chi connectivity index (χ2v) is 3.17. The van der Waals surface area contributed by atoms with Crippen molar-refractivity contribution in [1.82, 2.24) is 9.07 Å². The van der Waals surface area contributed by atoms with Gasteiger partial charge in [0.2, 0.25) is 0 Å². The molecule has 0 spiro atoms. The molecule has 1 heterocycles. The molecular weight excluding hydrogens is 211 g/mol. The molecule has 0 aliphatic heterocycles. The second-order valence-electron chi connectivity index (χ2n) is 2.48. The number of benzene rings is 1. The molecule has 5 heteroatoms. The number of hydrogen-bond acceptors (Lipinski definition) is 2. The van der Waals surface area contributed by atoms with Crippen LogP contribution in [0.1, 0.15) is 0 Å². The maximum Gasteiger partial charge on any atom is 0.303 e. The standard InChI is InChI=1S/C8H4Cl2N2O/c9-7-8(13)12(10)6-4-2-1-3-5(6)11-7/h1-4H. The molecule has 2 aromatic rings. The summed E-state index contributed by atoms with van der Waals surface area (Å²) in [5.74, 6) is 0. The van der Waals surface area contributed by atoms with Crippen molar-refractivity contribution in [3.05, 3.63) is 39.8 Å². The molecule has 3 nitrogen and oxygen atoms in total. The van der Waals surface area contributed by atoms with Crippen molar-refractivity contribution in [3.63, 3.8) is 0 Å². The molecule has 0 saturated carbocycles. The molecular formula is C8H4Cl2N2O. The zero-order valence-electron chi connectivity index (χ0n) is 6.37. The summed E-state index contributed by atoms with van der Waals surface area (Å²) >= 11 is 11.3. The van der Waals surface area contributed by atoms with Crippen molar-refractivity contribution in [2.45, 2.75) is 0 Å². The largest absolute Gasteiger partial charge is 0.303 e. The van der Waals surface area contributed by atoms with Crippen LogP contribution in [0.15, 0.2) is 29.1 Å². The Morgan fingerprint density at radius 1 is 1.31 bits per heavy atom. The van der Waals surface area contributed by atoms with Crippen molar-refractivity contribution >= 4 is 34.4 Å². The quantitative estimate of drug-likeness (QED) is 0.673. The minimum atomic E-state index is -0.498. The van der Waals surface area contributed by atoms with Gasteiger partial charge in [0.25, 0.3) is 0 Å². The van der Waals surface area contributed by atoms with Crippen LogP contribution in [0.3, 0.4) is 0 Å². The van der Waals surface area contributed by atoms with E-state index in [0.717, 1.165) is 4.09 Å². The Hall–Kier alpha value is -1.06. The molecule has 0 saturated heterocycles. The van der Waals surface area contributed by atoms with Gasteiger partial charge < -0.3 is 0 Å². The second kappa shape index (κ2) is 3.01. The summed E-state index contributed by atoms with van der Waals surface area (Å²) in [6.45, 7) is 0. The van der Waals surface area contributed by atoms with Gasteiger partial charge in [-0.1, -0.05) is 23.7 Å². The third-order valence-electron chi connectivity index (χ3n) is 1.67. The Morgan fingerprint density at radius 3 is 2.77 bits per heavy atom. The summed E-state index contributed by atoms with van der Waals surface area (Å²) in [6.07, 6.45) is 0. The average molecular weight is 215 g/mol. The van der Waals surface area contributed by atoms with Crippen LogP contribution in [0.4, 0.5) is 0 Å². The molecule has 0 unspecified atom stereocenters. The molecule has 0 bridgehead atoms. The molecule has 2 rings (SSSR count). The summed E-state index contributed by atoms with van der Waals surface area (Å²) in [4.78, 5) is 15.1. The highest BCUT2D eigenvalue weighted by molar-refractivity contribution is 6.30. The molecule has 1 aromatic heterocycles. The van der Waals surface area contributed by atoms with E-state index < -0.39 is 5.56 Å². The lowest BCUT2D eigenvalue weighted by atomic mass is 10.3. The lowest BCUT2D eigenvalue weighted by molar-refractivity contribution is 1.14. The Balaban J connectivity index is 3.02. The highest BCUT2D eigenvalue weighted by atomic mass is 35.5. The number of fused-ring (bicyclic) bond motifs is 1. The summed E-state index contributed by atoms with van der Waals surface area (Å²) in [5, 5.41) is -0.117. The SMILES string of the molecule is O=c1c(Cl)nc2ccccc2n1Cl. The normalized spacial score (nSPS) is 10.6. The highest BCUT2D eigenvalue weighted by Crippen LogP contribution is 2.12. The summed E-state index contributed by atoms with van der Waals surface area (Å²) in [5.41, 5.74) is 0.655. The first-order valence-corrected chi connectivity index (χ1v) is 4.25. The van der Waals surface area contributed by atoms with Crippen LogP contribution in [-0.2, 0) is 0 Å². The van der Waals surface area contributed by atoms with Gasteiger partial charge in [-0.2, -0.15) is 0 Å². The van der Waals surface area contributed by atoms with E-state index in [2.05, 4.69) is 4.98 Å². The first-order chi connectivity index (χ1) is 6.20. The third-order valence-corrected chi connectivity index (χ3v) is 2.25. The van der Waals surface area contributed by atoms with E-state index in [-0.39, 0.29) is 5.15 Å². The summed E-state index contributed by atoms with van der Waals surface area (Å²) in [6, 6.07) is 7.01. The van der Waals surface area contributed by atoms with Crippen LogP contribution >= 0.6 is 23.4 Å². The Kier molecular flexibility index (Phi) is 1.98. The maximum absolute atomic E-state index is 11.2. The van der Waals surface area contributed by atoms with E-state index in [1.807, 2.05) is 0 Å². The molecule has 66 valence electrons. The van der Waals surface area contributed by atoms with E-state index in [0.29, 0.717) is 11.0 Å². The monoisotopic (exact) mass is 214 g/mol. The Labute approximate surface area is 83.6 Å². The number of halogens is 2. The number of rotatable bonds is 0. The molecule has 0 radical (unpaired) electrons. The van der Waals surface area contributed by atoms with Gasteiger partial charge in [-0.3, -0.25) is 4.79 Å². The third kappa shape index (κ3) is 1.30. The van der Waals surface area contributed by atoms with Gasteiger partial charge in [-0.05, 0) is 12.1 Å². The zero-order valence-corrected chi connectivity index (χ0v) is 7.88. The van der Waals surface area contributed by atoms with Crippen LogP contribution in [0.5, 0.6) is 0 Å². The molecule has 13 heavy (non-hydrogen) atoms. The van der Waals surface area contributed by atoms with Gasteiger partial charge in [0.05, 0.1) is 11.0 Å². The van der Waals surface area contributed by atoms with Crippen molar-refractivity contribution in [3.8, 4) is 0 Å².